The maximum absolute atomic E-state index is 14.7. The molecule has 2 atom stereocenters. The Balaban J connectivity index is 1.25. The number of piperazine rings is 1. The lowest BCUT2D eigenvalue weighted by atomic mass is 10.0. The molecule has 2 fully saturated rings. The number of rotatable bonds is 7. The summed E-state index contributed by atoms with van der Waals surface area (Å²) in [5.41, 5.74) is 1.27. The van der Waals surface area contributed by atoms with Crippen molar-refractivity contribution in [1.82, 2.24) is 19.7 Å². The van der Waals surface area contributed by atoms with Gasteiger partial charge in [0.2, 0.25) is 5.79 Å². The molecule has 0 amide bonds. The molecular formula is C24H27F2N5O3. The van der Waals surface area contributed by atoms with Gasteiger partial charge in [0.25, 0.3) is 0 Å². The largest absolute Gasteiger partial charge is 0.491 e. The van der Waals surface area contributed by atoms with E-state index in [1.54, 1.807) is 0 Å². The molecule has 0 bridgehead atoms. The Morgan fingerprint density at radius 1 is 1.09 bits per heavy atom. The van der Waals surface area contributed by atoms with Crippen molar-refractivity contribution in [3.63, 3.8) is 0 Å². The predicted molar refractivity (Wildman–Crippen MR) is 121 cm³/mol. The minimum Gasteiger partial charge on any atom is -0.491 e. The van der Waals surface area contributed by atoms with Gasteiger partial charge in [-0.25, -0.2) is 18.4 Å². The number of hydrogen-bond acceptors (Lipinski definition) is 7. The van der Waals surface area contributed by atoms with Crippen LogP contribution in [0, 0.1) is 11.6 Å². The van der Waals surface area contributed by atoms with E-state index in [9.17, 15) is 8.78 Å². The molecule has 3 aromatic rings. The van der Waals surface area contributed by atoms with E-state index in [0.717, 1.165) is 32.2 Å². The number of nitrogens with zero attached hydrogens (tertiary/aromatic N) is 5. The van der Waals surface area contributed by atoms with Gasteiger partial charge in [-0.05, 0) is 43.4 Å². The zero-order chi connectivity index (χ0) is 23.5. The van der Waals surface area contributed by atoms with Gasteiger partial charge in [0.05, 0.1) is 6.61 Å². The molecule has 1 aromatic heterocycles. The number of benzene rings is 2. The molecule has 3 heterocycles. The molecule has 2 unspecified atom stereocenters. The Morgan fingerprint density at radius 2 is 1.88 bits per heavy atom. The van der Waals surface area contributed by atoms with E-state index < -0.39 is 23.5 Å². The number of hydrogen-bond donors (Lipinski definition) is 0. The van der Waals surface area contributed by atoms with Gasteiger partial charge >= 0.3 is 0 Å². The first-order valence-corrected chi connectivity index (χ1v) is 11.3. The molecule has 0 aliphatic carbocycles. The van der Waals surface area contributed by atoms with Crippen molar-refractivity contribution in [2.24, 2.45) is 0 Å². The molecule has 2 aliphatic heterocycles. The average molecular weight is 472 g/mol. The van der Waals surface area contributed by atoms with Gasteiger partial charge < -0.3 is 24.0 Å². The van der Waals surface area contributed by atoms with Crippen molar-refractivity contribution < 1.29 is 23.0 Å². The summed E-state index contributed by atoms with van der Waals surface area (Å²) in [6.45, 7) is 4.55. The van der Waals surface area contributed by atoms with E-state index in [2.05, 4.69) is 39.1 Å². The normalized spacial score (nSPS) is 23.4. The molecule has 0 saturated carbocycles. The van der Waals surface area contributed by atoms with Gasteiger partial charge in [-0.1, -0.05) is 0 Å². The van der Waals surface area contributed by atoms with Gasteiger partial charge in [-0.15, -0.1) is 0 Å². The summed E-state index contributed by atoms with van der Waals surface area (Å²) in [6, 6.07) is 11.3. The molecule has 180 valence electrons. The zero-order valence-electron chi connectivity index (χ0n) is 18.9. The van der Waals surface area contributed by atoms with Crippen LogP contribution < -0.4 is 9.64 Å². The summed E-state index contributed by atoms with van der Waals surface area (Å²) < 4.78 is 47.8. The van der Waals surface area contributed by atoms with E-state index in [1.165, 1.54) is 35.2 Å². The summed E-state index contributed by atoms with van der Waals surface area (Å²) >= 11 is 0. The Labute approximate surface area is 196 Å². The summed E-state index contributed by atoms with van der Waals surface area (Å²) in [5, 5.41) is 4.08. The van der Waals surface area contributed by atoms with E-state index >= 15 is 0 Å². The SMILES string of the molecule is CN1CCN(c2ccc(OCC3COC(Cn4cncn4)(c4ccc(F)cc4F)O3)cc2)CC1. The van der Waals surface area contributed by atoms with Crippen molar-refractivity contribution in [3.05, 3.63) is 72.3 Å². The van der Waals surface area contributed by atoms with Gasteiger partial charge in [-0.3, -0.25) is 0 Å². The Kier molecular flexibility index (Phi) is 6.44. The fraction of sp³-hybridized carbons (Fsp3) is 0.417. The van der Waals surface area contributed by atoms with E-state index in [1.807, 2.05) is 12.1 Å². The van der Waals surface area contributed by atoms with Crippen LogP contribution in [0.25, 0.3) is 0 Å². The second-order valence-corrected chi connectivity index (χ2v) is 8.62. The van der Waals surface area contributed by atoms with Gasteiger partial charge in [-0.2, -0.15) is 5.10 Å². The van der Waals surface area contributed by atoms with Crippen LogP contribution in [0.4, 0.5) is 14.5 Å². The quantitative estimate of drug-likeness (QED) is 0.525. The standard InChI is InChI=1S/C24H27F2N5O3/c1-29-8-10-30(11-9-29)19-3-5-20(6-4-19)32-13-21-14-33-24(34-21,15-31-17-27-16-28-31)22-7-2-18(25)12-23(22)26/h2-7,12,16-17,21H,8-11,13-15H2,1H3. The summed E-state index contributed by atoms with van der Waals surface area (Å²) in [7, 11) is 2.13. The summed E-state index contributed by atoms with van der Waals surface area (Å²) in [5.74, 6) is -2.18. The molecule has 0 radical (unpaired) electrons. The summed E-state index contributed by atoms with van der Waals surface area (Å²) in [4.78, 5) is 8.59. The highest BCUT2D eigenvalue weighted by Gasteiger charge is 2.46. The van der Waals surface area contributed by atoms with Crippen molar-refractivity contribution in [2.75, 3.05) is 51.3 Å². The molecule has 2 aromatic carbocycles. The monoisotopic (exact) mass is 471 g/mol. The Bertz CT molecular complexity index is 1090. The molecule has 2 aliphatic rings. The number of likely N-dealkylation sites (N-methyl/N-ethyl adjacent to an activating group) is 1. The third-order valence-electron chi connectivity index (χ3n) is 6.18. The smallest absolute Gasteiger partial charge is 0.218 e. The predicted octanol–water partition coefficient (Wildman–Crippen LogP) is 2.66. The van der Waals surface area contributed by atoms with Crippen molar-refractivity contribution >= 4 is 5.69 Å². The minimum atomic E-state index is -1.47. The van der Waals surface area contributed by atoms with E-state index in [-0.39, 0.29) is 25.3 Å². The molecule has 8 nitrogen and oxygen atoms in total. The molecule has 5 rings (SSSR count). The van der Waals surface area contributed by atoms with Crippen LogP contribution in [-0.4, -0.2) is 72.2 Å². The lowest BCUT2D eigenvalue weighted by Gasteiger charge is -2.34. The Hall–Kier alpha value is -3.08. The van der Waals surface area contributed by atoms with E-state index in [0.29, 0.717) is 5.75 Å². The lowest BCUT2D eigenvalue weighted by molar-refractivity contribution is -0.192. The van der Waals surface area contributed by atoms with Gasteiger partial charge in [0.15, 0.2) is 0 Å². The third kappa shape index (κ3) is 4.89. The van der Waals surface area contributed by atoms with Gasteiger partial charge in [0.1, 0.15) is 49.3 Å². The number of ether oxygens (including phenoxy) is 3. The van der Waals surface area contributed by atoms with Crippen LogP contribution in [-0.2, 0) is 21.8 Å². The van der Waals surface area contributed by atoms with Crippen LogP contribution in [0.15, 0.2) is 55.1 Å². The third-order valence-corrected chi connectivity index (χ3v) is 6.18. The molecule has 0 spiro atoms. The van der Waals surface area contributed by atoms with Crippen molar-refractivity contribution in [1.29, 1.82) is 0 Å². The highest BCUT2D eigenvalue weighted by atomic mass is 19.1. The van der Waals surface area contributed by atoms with Crippen LogP contribution in [0.2, 0.25) is 0 Å². The van der Waals surface area contributed by atoms with Crippen LogP contribution >= 0.6 is 0 Å². The fourth-order valence-electron chi connectivity index (χ4n) is 4.29. The zero-order valence-corrected chi connectivity index (χ0v) is 18.9. The number of anilines is 1. The molecular weight excluding hydrogens is 444 g/mol. The maximum atomic E-state index is 14.7. The number of halogens is 2. The average Bonchev–Trinajstić information content (AvgIpc) is 3.49. The highest BCUT2D eigenvalue weighted by Crippen LogP contribution is 2.37. The van der Waals surface area contributed by atoms with Crippen molar-refractivity contribution in [3.8, 4) is 5.75 Å². The van der Waals surface area contributed by atoms with Crippen molar-refractivity contribution in [2.45, 2.75) is 18.4 Å². The van der Waals surface area contributed by atoms with E-state index in [4.69, 9.17) is 14.2 Å². The molecule has 2 saturated heterocycles. The van der Waals surface area contributed by atoms with Crippen LogP contribution in [0.3, 0.4) is 0 Å². The maximum Gasteiger partial charge on any atom is 0.218 e. The molecule has 10 heteroatoms. The second kappa shape index (κ2) is 9.65. The first-order valence-electron chi connectivity index (χ1n) is 11.3. The lowest BCUT2D eigenvalue weighted by Crippen LogP contribution is -2.44. The molecule has 0 N–H and O–H groups in total. The fourth-order valence-corrected chi connectivity index (χ4v) is 4.29. The molecule has 34 heavy (non-hydrogen) atoms. The first kappa shape index (κ1) is 22.7. The highest BCUT2D eigenvalue weighted by molar-refractivity contribution is 5.49. The summed E-state index contributed by atoms with van der Waals surface area (Å²) in [6.07, 6.45) is 2.41. The minimum absolute atomic E-state index is 0.0613. The first-order chi connectivity index (χ1) is 16.5. The topological polar surface area (TPSA) is 64.9 Å². The van der Waals surface area contributed by atoms with Crippen LogP contribution in [0.1, 0.15) is 5.56 Å². The number of aromatic nitrogens is 3. The second-order valence-electron chi connectivity index (χ2n) is 8.62. The van der Waals surface area contributed by atoms with Crippen LogP contribution in [0.5, 0.6) is 5.75 Å². The Morgan fingerprint density at radius 3 is 2.59 bits per heavy atom. The van der Waals surface area contributed by atoms with Gasteiger partial charge in [0, 0.05) is 43.5 Å².